The second-order valence-corrected chi connectivity index (χ2v) is 4.36. The minimum atomic E-state index is -0.700. The Morgan fingerprint density at radius 3 is 2.57 bits per heavy atom. The molecule has 1 amide bonds. The van der Waals surface area contributed by atoms with Crippen LogP contribution in [0.5, 0.6) is 5.88 Å². The van der Waals surface area contributed by atoms with E-state index in [1.54, 1.807) is 48.5 Å². The summed E-state index contributed by atoms with van der Waals surface area (Å²) in [6.45, 7) is 0. The van der Waals surface area contributed by atoms with Crippen molar-refractivity contribution in [3.05, 3.63) is 70.6 Å². The summed E-state index contributed by atoms with van der Waals surface area (Å²) in [6.07, 6.45) is 1.49. The number of para-hydroxylation sites is 1. The monoisotopic (exact) mass is 281 g/mol. The van der Waals surface area contributed by atoms with Crippen molar-refractivity contribution in [1.29, 1.82) is 0 Å². The molecule has 0 spiro atoms. The number of carbonyl (C=O) groups excluding carboxylic acids is 1. The number of carbonyl (C=O) groups is 1. The Kier molecular flexibility index (Phi) is 3.12. The van der Waals surface area contributed by atoms with Crippen molar-refractivity contribution in [3.8, 4) is 5.88 Å². The Balaban J connectivity index is 2.08. The zero-order valence-electron chi connectivity index (χ0n) is 10.9. The molecule has 6 nitrogen and oxygen atoms in total. The summed E-state index contributed by atoms with van der Waals surface area (Å²) in [6, 6.07) is 13.6. The van der Waals surface area contributed by atoms with Gasteiger partial charge in [0.25, 0.3) is 11.5 Å². The molecule has 3 rings (SSSR count). The number of rotatable bonds is 2. The predicted octanol–water partition coefficient (Wildman–Crippen LogP) is 1.65. The fourth-order valence-corrected chi connectivity index (χ4v) is 1.99. The maximum absolute atomic E-state index is 12.3. The van der Waals surface area contributed by atoms with Gasteiger partial charge in [0.2, 0.25) is 5.88 Å². The lowest BCUT2D eigenvalue weighted by Crippen LogP contribution is -2.27. The van der Waals surface area contributed by atoms with Gasteiger partial charge in [-0.1, -0.05) is 24.3 Å². The maximum atomic E-state index is 12.3. The molecule has 2 aromatic heterocycles. The van der Waals surface area contributed by atoms with Gasteiger partial charge < -0.3 is 10.4 Å². The molecule has 0 unspecified atom stereocenters. The van der Waals surface area contributed by atoms with Crippen molar-refractivity contribution in [2.24, 2.45) is 0 Å². The van der Waals surface area contributed by atoms with Crippen LogP contribution >= 0.6 is 0 Å². The molecule has 21 heavy (non-hydrogen) atoms. The van der Waals surface area contributed by atoms with Gasteiger partial charge in [-0.05, 0) is 24.3 Å². The molecule has 0 saturated carbocycles. The first-order chi connectivity index (χ1) is 10.2. The normalized spacial score (nSPS) is 10.5. The highest BCUT2D eigenvalue weighted by atomic mass is 16.3. The molecule has 2 heterocycles. The van der Waals surface area contributed by atoms with Crippen LogP contribution in [0.15, 0.2) is 59.5 Å². The van der Waals surface area contributed by atoms with Crippen LogP contribution in [-0.4, -0.2) is 20.4 Å². The van der Waals surface area contributed by atoms with Crippen molar-refractivity contribution in [3.63, 3.8) is 0 Å². The zero-order valence-corrected chi connectivity index (χ0v) is 10.9. The molecule has 1 aromatic carbocycles. The maximum Gasteiger partial charge on any atom is 0.274 e. The molecule has 6 heteroatoms. The first-order valence-corrected chi connectivity index (χ1v) is 6.23. The number of nitrogens with one attached hydrogen (secondary N) is 1. The summed E-state index contributed by atoms with van der Waals surface area (Å²) in [5.74, 6) is -1.28. The van der Waals surface area contributed by atoms with E-state index in [-0.39, 0.29) is 11.2 Å². The highest BCUT2D eigenvalue weighted by molar-refractivity contribution is 6.05. The molecule has 104 valence electrons. The SMILES string of the molecule is O=C(Nc1ccccc1)c1c(O)nc2ccccn2c1=O. The van der Waals surface area contributed by atoms with Gasteiger partial charge in [0.1, 0.15) is 5.65 Å². The molecule has 0 radical (unpaired) electrons. The van der Waals surface area contributed by atoms with Crippen molar-refractivity contribution in [2.45, 2.75) is 0 Å². The van der Waals surface area contributed by atoms with Gasteiger partial charge in [-0.25, -0.2) is 0 Å². The summed E-state index contributed by atoms with van der Waals surface area (Å²) in [7, 11) is 0. The number of hydrogen-bond donors (Lipinski definition) is 2. The second-order valence-electron chi connectivity index (χ2n) is 4.36. The van der Waals surface area contributed by atoms with Crippen LogP contribution in [-0.2, 0) is 0 Å². The number of fused-ring (bicyclic) bond motifs is 1. The van der Waals surface area contributed by atoms with Gasteiger partial charge in [-0.2, -0.15) is 4.98 Å². The highest BCUT2D eigenvalue weighted by Gasteiger charge is 2.19. The van der Waals surface area contributed by atoms with Crippen molar-refractivity contribution < 1.29 is 9.90 Å². The molecule has 0 saturated heterocycles. The van der Waals surface area contributed by atoms with Crippen LogP contribution in [0.4, 0.5) is 5.69 Å². The minimum Gasteiger partial charge on any atom is -0.493 e. The minimum absolute atomic E-state index is 0.274. The lowest BCUT2D eigenvalue weighted by molar-refractivity contribution is 0.102. The molecule has 0 atom stereocenters. The summed E-state index contributed by atoms with van der Waals surface area (Å²) in [5, 5.41) is 12.4. The van der Waals surface area contributed by atoms with Crippen LogP contribution < -0.4 is 10.9 Å². The van der Waals surface area contributed by atoms with E-state index in [0.29, 0.717) is 5.69 Å². The fourth-order valence-electron chi connectivity index (χ4n) is 1.99. The molecule has 0 aliphatic rings. The van der Waals surface area contributed by atoms with E-state index >= 15 is 0 Å². The number of aromatic hydroxyl groups is 1. The fraction of sp³-hybridized carbons (Fsp3) is 0. The Labute approximate surface area is 119 Å². The van der Waals surface area contributed by atoms with Gasteiger partial charge in [0.15, 0.2) is 5.56 Å². The van der Waals surface area contributed by atoms with Gasteiger partial charge in [-0.15, -0.1) is 0 Å². The van der Waals surface area contributed by atoms with Gasteiger partial charge in [0, 0.05) is 11.9 Å². The Hall–Kier alpha value is -3.15. The third kappa shape index (κ3) is 2.34. The average Bonchev–Trinajstić information content (AvgIpc) is 2.48. The van der Waals surface area contributed by atoms with Crippen LogP contribution in [0, 0.1) is 0 Å². The van der Waals surface area contributed by atoms with E-state index in [0.717, 1.165) is 0 Å². The summed E-state index contributed by atoms with van der Waals surface area (Å²) < 4.78 is 1.21. The smallest absolute Gasteiger partial charge is 0.274 e. The Bertz CT molecular complexity index is 872. The second kappa shape index (κ2) is 5.09. The van der Waals surface area contributed by atoms with E-state index < -0.39 is 17.3 Å². The molecule has 2 N–H and O–H groups in total. The Morgan fingerprint density at radius 2 is 1.81 bits per heavy atom. The Morgan fingerprint density at radius 1 is 1.10 bits per heavy atom. The number of aromatic nitrogens is 2. The van der Waals surface area contributed by atoms with Gasteiger partial charge in [-0.3, -0.25) is 14.0 Å². The number of nitrogens with zero attached hydrogens (tertiary/aromatic N) is 2. The third-order valence-corrected chi connectivity index (χ3v) is 2.97. The molecule has 3 aromatic rings. The van der Waals surface area contributed by atoms with Crippen LogP contribution in [0.1, 0.15) is 10.4 Å². The van der Waals surface area contributed by atoms with E-state index in [9.17, 15) is 14.7 Å². The van der Waals surface area contributed by atoms with E-state index in [4.69, 9.17) is 0 Å². The first-order valence-electron chi connectivity index (χ1n) is 6.23. The lowest BCUT2D eigenvalue weighted by atomic mass is 10.2. The summed E-state index contributed by atoms with van der Waals surface area (Å²) in [5.41, 5.74) is -0.204. The van der Waals surface area contributed by atoms with Crippen molar-refractivity contribution in [1.82, 2.24) is 9.38 Å². The first kappa shape index (κ1) is 12.9. The van der Waals surface area contributed by atoms with E-state index in [2.05, 4.69) is 10.3 Å². The number of hydrogen-bond acceptors (Lipinski definition) is 4. The number of amides is 1. The van der Waals surface area contributed by atoms with Crippen LogP contribution in [0.3, 0.4) is 0 Å². The van der Waals surface area contributed by atoms with Crippen molar-refractivity contribution in [2.75, 3.05) is 5.32 Å². The predicted molar refractivity (Wildman–Crippen MR) is 77.5 cm³/mol. The third-order valence-electron chi connectivity index (χ3n) is 2.97. The molecule has 0 aliphatic carbocycles. The van der Waals surface area contributed by atoms with Crippen LogP contribution in [0.2, 0.25) is 0 Å². The largest absolute Gasteiger partial charge is 0.493 e. The number of benzene rings is 1. The van der Waals surface area contributed by atoms with E-state index in [1.807, 2.05) is 0 Å². The zero-order chi connectivity index (χ0) is 14.8. The highest BCUT2D eigenvalue weighted by Crippen LogP contribution is 2.13. The molecular formula is C15H11N3O3. The van der Waals surface area contributed by atoms with Gasteiger partial charge in [0.05, 0.1) is 0 Å². The number of anilines is 1. The van der Waals surface area contributed by atoms with Crippen molar-refractivity contribution >= 4 is 17.2 Å². The molecule has 0 aliphatic heterocycles. The standard InChI is InChI=1S/C15H11N3O3/c19-13(16-10-6-2-1-3-7-10)12-14(20)17-11-8-4-5-9-18(11)15(12)21/h1-9,20H,(H,16,19). The van der Waals surface area contributed by atoms with E-state index in [1.165, 1.54) is 10.6 Å². The average molecular weight is 281 g/mol. The summed E-state index contributed by atoms with van der Waals surface area (Å²) >= 11 is 0. The summed E-state index contributed by atoms with van der Waals surface area (Å²) in [4.78, 5) is 28.3. The lowest BCUT2D eigenvalue weighted by Gasteiger charge is -2.07. The molecular weight excluding hydrogens is 270 g/mol. The molecule has 0 bridgehead atoms. The number of pyridine rings is 1. The van der Waals surface area contributed by atoms with Crippen LogP contribution in [0.25, 0.3) is 5.65 Å². The topological polar surface area (TPSA) is 83.7 Å². The molecule has 0 fully saturated rings. The quantitative estimate of drug-likeness (QED) is 0.748. The van der Waals surface area contributed by atoms with Gasteiger partial charge >= 0.3 is 0 Å².